The Bertz CT molecular complexity index is 856. The van der Waals surface area contributed by atoms with Crippen molar-refractivity contribution in [2.75, 3.05) is 5.43 Å². The van der Waals surface area contributed by atoms with Gasteiger partial charge < -0.3 is 5.32 Å². The third-order valence-corrected chi connectivity index (χ3v) is 4.24. The molecule has 2 rings (SSSR count). The lowest BCUT2D eigenvalue weighted by Crippen LogP contribution is -2.51. The fourth-order valence-corrected chi connectivity index (χ4v) is 2.67. The zero-order valence-electron chi connectivity index (χ0n) is 15.1. The normalized spacial score (nSPS) is 12.4. The maximum atomic E-state index is 13.0. The Labute approximate surface area is 165 Å². The minimum atomic E-state index is -4.58. The van der Waals surface area contributed by atoms with Crippen LogP contribution in [0.5, 0.6) is 0 Å². The predicted molar refractivity (Wildman–Crippen MR) is 101 cm³/mol. The molecular formula is C19H19ClF3N3O2. The smallest absolute Gasteiger partial charge is 0.340 e. The van der Waals surface area contributed by atoms with E-state index in [4.69, 9.17) is 11.6 Å². The quantitative estimate of drug-likeness (QED) is 0.620. The number of nitrogens with one attached hydrogen (secondary N) is 3. The van der Waals surface area contributed by atoms with Crippen LogP contribution in [0.25, 0.3) is 0 Å². The Kier molecular flexibility index (Phi) is 6.90. The molecule has 0 spiro atoms. The van der Waals surface area contributed by atoms with Crippen LogP contribution >= 0.6 is 11.6 Å². The number of hydrazine groups is 1. The number of para-hydroxylation sites is 1. The van der Waals surface area contributed by atoms with Crippen LogP contribution in [0.15, 0.2) is 48.5 Å². The topological polar surface area (TPSA) is 70.2 Å². The van der Waals surface area contributed by atoms with E-state index in [1.807, 2.05) is 0 Å². The molecule has 5 nitrogen and oxygen atoms in total. The minimum Gasteiger partial charge on any atom is -0.340 e. The molecule has 1 atom stereocenters. The molecule has 9 heteroatoms. The van der Waals surface area contributed by atoms with Crippen LogP contribution in [0.1, 0.15) is 29.8 Å². The number of carbonyl (C=O) groups is 2. The van der Waals surface area contributed by atoms with E-state index in [1.54, 1.807) is 26.0 Å². The summed E-state index contributed by atoms with van der Waals surface area (Å²) < 4.78 is 39.1. The van der Waals surface area contributed by atoms with Crippen LogP contribution in [0.3, 0.4) is 0 Å². The van der Waals surface area contributed by atoms with Crippen molar-refractivity contribution in [1.82, 2.24) is 10.7 Å². The number of amides is 2. The SMILES string of the molecule is CC(C)[C@H](NC(=O)c1ccccc1Cl)C(=O)NNc1ccccc1C(F)(F)F. The lowest BCUT2D eigenvalue weighted by Gasteiger charge is -2.23. The Morgan fingerprint density at radius 1 is 1.00 bits per heavy atom. The molecule has 2 aromatic rings. The molecule has 0 fully saturated rings. The first kappa shape index (κ1) is 21.6. The van der Waals surface area contributed by atoms with E-state index in [2.05, 4.69) is 16.2 Å². The van der Waals surface area contributed by atoms with Crippen molar-refractivity contribution in [2.24, 2.45) is 5.92 Å². The molecule has 0 saturated carbocycles. The average Bonchev–Trinajstić information content (AvgIpc) is 2.63. The van der Waals surface area contributed by atoms with E-state index in [9.17, 15) is 22.8 Å². The number of anilines is 1. The van der Waals surface area contributed by atoms with Gasteiger partial charge in [-0.2, -0.15) is 13.2 Å². The number of carbonyl (C=O) groups excluding carboxylic acids is 2. The van der Waals surface area contributed by atoms with Gasteiger partial charge in [0, 0.05) is 0 Å². The van der Waals surface area contributed by atoms with Gasteiger partial charge in [-0.3, -0.25) is 20.4 Å². The molecule has 0 bridgehead atoms. The fraction of sp³-hybridized carbons (Fsp3) is 0.263. The fourth-order valence-electron chi connectivity index (χ4n) is 2.45. The average molecular weight is 414 g/mol. The second-order valence-electron chi connectivity index (χ2n) is 6.33. The highest BCUT2D eigenvalue weighted by molar-refractivity contribution is 6.33. The maximum absolute atomic E-state index is 13.0. The van der Waals surface area contributed by atoms with Gasteiger partial charge in [-0.15, -0.1) is 0 Å². The van der Waals surface area contributed by atoms with Gasteiger partial charge in [0.25, 0.3) is 11.8 Å². The van der Waals surface area contributed by atoms with Crippen LogP contribution in [0.4, 0.5) is 18.9 Å². The van der Waals surface area contributed by atoms with Gasteiger partial charge in [-0.05, 0) is 30.2 Å². The predicted octanol–water partition coefficient (Wildman–Crippen LogP) is 4.26. The van der Waals surface area contributed by atoms with Gasteiger partial charge in [0.2, 0.25) is 0 Å². The third-order valence-electron chi connectivity index (χ3n) is 3.91. The largest absolute Gasteiger partial charge is 0.418 e. The Hall–Kier alpha value is -2.74. The number of benzene rings is 2. The van der Waals surface area contributed by atoms with Crippen molar-refractivity contribution < 1.29 is 22.8 Å². The zero-order chi connectivity index (χ0) is 20.9. The van der Waals surface area contributed by atoms with E-state index < -0.39 is 29.6 Å². The Morgan fingerprint density at radius 2 is 1.61 bits per heavy atom. The molecule has 150 valence electrons. The van der Waals surface area contributed by atoms with Crippen LogP contribution < -0.4 is 16.2 Å². The first-order valence-corrected chi connectivity index (χ1v) is 8.76. The van der Waals surface area contributed by atoms with Crippen LogP contribution in [-0.2, 0) is 11.0 Å². The molecule has 3 N–H and O–H groups in total. The molecule has 2 aromatic carbocycles. The first-order chi connectivity index (χ1) is 13.1. The summed E-state index contributed by atoms with van der Waals surface area (Å²) in [5.41, 5.74) is 3.48. The van der Waals surface area contributed by atoms with Gasteiger partial charge in [0.05, 0.1) is 21.8 Å². The summed E-state index contributed by atoms with van der Waals surface area (Å²) in [6.07, 6.45) is -4.58. The minimum absolute atomic E-state index is 0.193. The molecular weight excluding hydrogens is 395 g/mol. The molecule has 28 heavy (non-hydrogen) atoms. The van der Waals surface area contributed by atoms with Gasteiger partial charge in [-0.1, -0.05) is 49.7 Å². The summed E-state index contributed by atoms with van der Waals surface area (Å²) in [4.78, 5) is 24.9. The molecule has 2 amide bonds. The molecule has 0 saturated heterocycles. The third kappa shape index (κ3) is 5.39. The lowest BCUT2D eigenvalue weighted by atomic mass is 10.0. The standard InChI is InChI=1S/C19H19ClF3N3O2/c1-11(2)16(24-17(27)12-7-3-5-9-14(12)20)18(28)26-25-15-10-6-4-8-13(15)19(21,22)23/h3-11,16,25H,1-2H3,(H,24,27)(H,26,28)/t16-/m0/s1. The van der Waals surface area contributed by atoms with Crippen molar-refractivity contribution in [3.8, 4) is 0 Å². The Morgan fingerprint density at radius 3 is 2.21 bits per heavy atom. The molecule has 0 radical (unpaired) electrons. The zero-order valence-corrected chi connectivity index (χ0v) is 15.9. The number of hydrogen-bond acceptors (Lipinski definition) is 3. The Balaban J connectivity index is 2.10. The van der Waals surface area contributed by atoms with Gasteiger partial charge in [0.15, 0.2) is 0 Å². The van der Waals surface area contributed by atoms with E-state index in [-0.39, 0.29) is 22.2 Å². The van der Waals surface area contributed by atoms with Gasteiger partial charge in [0.1, 0.15) is 6.04 Å². The molecule has 0 aliphatic rings. The second kappa shape index (κ2) is 8.97. The van der Waals surface area contributed by atoms with Crippen molar-refractivity contribution in [3.63, 3.8) is 0 Å². The first-order valence-electron chi connectivity index (χ1n) is 8.38. The van der Waals surface area contributed by atoms with Crippen molar-refractivity contribution in [2.45, 2.75) is 26.1 Å². The highest BCUT2D eigenvalue weighted by Crippen LogP contribution is 2.34. The summed E-state index contributed by atoms with van der Waals surface area (Å²) in [6, 6.07) is 10.1. The molecule has 0 aromatic heterocycles. The van der Waals surface area contributed by atoms with Gasteiger partial charge >= 0.3 is 6.18 Å². The highest BCUT2D eigenvalue weighted by atomic mass is 35.5. The van der Waals surface area contributed by atoms with E-state index >= 15 is 0 Å². The number of alkyl halides is 3. The van der Waals surface area contributed by atoms with E-state index in [1.165, 1.54) is 30.3 Å². The number of hydrogen-bond donors (Lipinski definition) is 3. The monoisotopic (exact) mass is 413 g/mol. The summed E-state index contributed by atoms with van der Waals surface area (Å²) in [7, 11) is 0. The van der Waals surface area contributed by atoms with Crippen LogP contribution in [-0.4, -0.2) is 17.9 Å². The molecule has 0 aliphatic heterocycles. The number of rotatable bonds is 6. The van der Waals surface area contributed by atoms with Crippen molar-refractivity contribution in [1.29, 1.82) is 0 Å². The van der Waals surface area contributed by atoms with E-state index in [0.717, 1.165) is 6.07 Å². The number of halogens is 4. The van der Waals surface area contributed by atoms with Crippen molar-refractivity contribution >= 4 is 29.1 Å². The molecule has 0 unspecified atom stereocenters. The summed E-state index contributed by atoms with van der Waals surface area (Å²) in [5, 5.41) is 2.78. The van der Waals surface area contributed by atoms with Crippen LogP contribution in [0, 0.1) is 5.92 Å². The van der Waals surface area contributed by atoms with Crippen molar-refractivity contribution in [3.05, 3.63) is 64.7 Å². The summed E-state index contributed by atoms with van der Waals surface area (Å²) >= 11 is 5.98. The highest BCUT2D eigenvalue weighted by Gasteiger charge is 2.33. The van der Waals surface area contributed by atoms with Crippen LogP contribution in [0.2, 0.25) is 5.02 Å². The molecule has 0 aliphatic carbocycles. The second-order valence-corrected chi connectivity index (χ2v) is 6.74. The molecule has 0 heterocycles. The lowest BCUT2D eigenvalue weighted by molar-refractivity contribution is -0.137. The van der Waals surface area contributed by atoms with E-state index in [0.29, 0.717) is 0 Å². The summed E-state index contributed by atoms with van der Waals surface area (Å²) in [6.45, 7) is 3.39. The van der Waals surface area contributed by atoms with Gasteiger partial charge in [-0.25, -0.2) is 0 Å². The summed E-state index contributed by atoms with van der Waals surface area (Å²) in [5.74, 6) is -1.58. The maximum Gasteiger partial charge on any atom is 0.418 e.